The van der Waals surface area contributed by atoms with Crippen molar-refractivity contribution in [3.05, 3.63) is 86.2 Å². The van der Waals surface area contributed by atoms with Crippen LogP contribution in [-0.4, -0.2) is 51.0 Å². The second-order valence-corrected chi connectivity index (χ2v) is 11.3. The Balaban J connectivity index is 1.32. The monoisotopic (exact) mass is 553 g/mol. The summed E-state index contributed by atoms with van der Waals surface area (Å²) in [7, 11) is 0. The fourth-order valence-corrected chi connectivity index (χ4v) is 7.24. The van der Waals surface area contributed by atoms with Crippen molar-refractivity contribution in [2.45, 2.75) is 55.8 Å². The molecule has 1 aromatic heterocycles. The first-order valence-electron chi connectivity index (χ1n) is 13.6. The van der Waals surface area contributed by atoms with Crippen LogP contribution in [0.1, 0.15) is 74.2 Å². The van der Waals surface area contributed by atoms with Gasteiger partial charge in [0, 0.05) is 23.6 Å². The fraction of sp³-hybridized carbons (Fsp3) is 0.379. The number of nitriles is 1. The molecule has 2 unspecified atom stereocenters. The van der Waals surface area contributed by atoms with Gasteiger partial charge in [-0.2, -0.15) is 15.0 Å². The van der Waals surface area contributed by atoms with E-state index in [1.54, 1.807) is 29.2 Å². The summed E-state index contributed by atoms with van der Waals surface area (Å²) in [5, 5.41) is 12.8. The standard InChI is InChI=1S/C29H27N7O5/c30-12-19-9-18-10-22(18)35(19)24(37)13-33-23-11-29(27-34-28(40)41-36(23)27)20-5-3-16(25(31)38)7-14(20)1-2-15-8-17(26(32)39)4-6-21(15)29/h3-8,18-19,22-23,33H,1-2,9-11,13H2,(H2,31,38)(H2,32,39)/t18-,19?,22+,23?/m1/s1. The van der Waals surface area contributed by atoms with E-state index in [2.05, 4.69) is 16.4 Å². The smallest absolute Gasteiger partial charge is 0.366 e. The number of nitrogens with one attached hydrogen (secondary N) is 1. The molecule has 4 atom stereocenters. The van der Waals surface area contributed by atoms with E-state index in [9.17, 15) is 24.4 Å². The zero-order chi connectivity index (χ0) is 28.6. The maximum Gasteiger partial charge on any atom is 0.460 e. The number of piperidine rings is 1. The van der Waals surface area contributed by atoms with E-state index in [-0.39, 0.29) is 18.5 Å². The summed E-state index contributed by atoms with van der Waals surface area (Å²) in [4.78, 5) is 55.9. The summed E-state index contributed by atoms with van der Waals surface area (Å²) in [6.07, 6.45) is 2.43. The Labute approximate surface area is 233 Å². The highest BCUT2D eigenvalue weighted by atomic mass is 16.5. The van der Waals surface area contributed by atoms with Crippen LogP contribution in [0.2, 0.25) is 0 Å². The van der Waals surface area contributed by atoms with Crippen LogP contribution in [0.15, 0.2) is 45.7 Å². The van der Waals surface area contributed by atoms with Gasteiger partial charge < -0.3 is 20.9 Å². The molecule has 2 aliphatic carbocycles. The first-order chi connectivity index (χ1) is 19.7. The summed E-state index contributed by atoms with van der Waals surface area (Å²) >= 11 is 0. The lowest BCUT2D eigenvalue weighted by Crippen LogP contribution is -2.44. The number of hydrogen-bond acceptors (Lipinski definition) is 8. The Hall–Kier alpha value is -4.76. The predicted molar refractivity (Wildman–Crippen MR) is 142 cm³/mol. The van der Waals surface area contributed by atoms with Crippen LogP contribution in [0.25, 0.3) is 0 Å². The lowest BCUT2D eigenvalue weighted by atomic mass is 9.70. The van der Waals surface area contributed by atoms with E-state index >= 15 is 0 Å². The van der Waals surface area contributed by atoms with Gasteiger partial charge >= 0.3 is 5.76 Å². The largest absolute Gasteiger partial charge is 0.460 e. The van der Waals surface area contributed by atoms with Crippen LogP contribution >= 0.6 is 0 Å². The number of likely N-dealkylation sites (tertiary alicyclic amines) is 1. The lowest BCUT2D eigenvalue weighted by Gasteiger charge is -2.31. The molecular weight excluding hydrogens is 526 g/mol. The Morgan fingerprint density at radius 1 is 1.05 bits per heavy atom. The van der Waals surface area contributed by atoms with E-state index in [0.29, 0.717) is 48.6 Å². The molecule has 7 rings (SSSR count). The van der Waals surface area contributed by atoms with Crippen molar-refractivity contribution >= 4 is 17.7 Å². The van der Waals surface area contributed by atoms with Gasteiger partial charge in [-0.3, -0.25) is 19.7 Å². The highest BCUT2D eigenvalue weighted by molar-refractivity contribution is 5.94. The minimum Gasteiger partial charge on any atom is -0.366 e. The number of rotatable bonds is 5. The summed E-state index contributed by atoms with van der Waals surface area (Å²) in [6.45, 7) is -0.0512. The molecule has 12 nitrogen and oxygen atoms in total. The van der Waals surface area contributed by atoms with Gasteiger partial charge in [0.2, 0.25) is 17.7 Å². The molecule has 3 heterocycles. The van der Waals surface area contributed by atoms with Crippen molar-refractivity contribution in [2.24, 2.45) is 17.4 Å². The SMILES string of the molecule is N#CC1C[C@@H]2C[C@@H]2N1C(=O)CNC1CC2(c3ccc(C(N)=O)cc3CCc3cc(C(N)=O)ccc32)c2nc(=O)on21. The number of aryl methyl sites for hydroxylation is 2. The highest BCUT2D eigenvalue weighted by Gasteiger charge is 2.55. The number of aromatic nitrogens is 2. The van der Waals surface area contributed by atoms with Crippen LogP contribution in [0.4, 0.5) is 0 Å². The Morgan fingerprint density at radius 2 is 1.68 bits per heavy atom. The molecule has 0 radical (unpaired) electrons. The number of hydrogen-bond donors (Lipinski definition) is 3. The van der Waals surface area contributed by atoms with E-state index in [1.807, 2.05) is 12.1 Å². The van der Waals surface area contributed by atoms with E-state index < -0.39 is 35.2 Å². The average Bonchev–Trinajstić information content (AvgIpc) is 3.34. The quantitative estimate of drug-likeness (QED) is 0.406. The molecule has 2 aromatic carbocycles. The Morgan fingerprint density at radius 3 is 2.27 bits per heavy atom. The van der Waals surface area contributed by atoms with Gasteiger partial charge in [-0.1, -0.05) is 12.1 Å². The normalized spacial score (nSPS) is 24.5. The minimum absolute atomic E-state index is 0.0512. The summed E-state index contributed by atoms with van der Waals surface area (Å²) in [6, 6.07) is 12.4. The van der Waals surface area contributed by atoms with E-state index in [0.717, 1.165) is 28.7 Å². The number of amides is 3. The van der Waals surface area contributed by atoms with Crippen LogP contribution in [0.5, 0.6) is 0 Å². The third-order valence-electron chi connectivity index (χ3n) is 9.14. The van der Waals surface area contributed by atoms with Crippen LogP contribution in [0.3, 0.4) is 0 Å². The topological polar surface area (TPSA) is 190 Å². The molecule has 2 fully saturated rings. The molecule has 1 saturated heterocycles. The molecule has 3 aromatic rings. The molecule has 1 saturated carbocycles. The van der Waals surface area contributed by atoms with Gasteiger partial charge in [0.1, 0.15) is 12.2 Å². The Kier molecular flexibility index (Phi) is 5.46. The molecule has 12 heteroatoms. The van der Waals surface area contributed by atoms with Crippen molar-refractivity contribution < 1.29 is 18.9 Å². The summed E-state index contributed by atoms with van der Waals surface area (Å²) < 4.78 is 6.97. The Bertz CT molecular complexity index is 1680. The van der Waals surface area contributed by atoms with Gasteiger partial charge in [-0.25, -0.2) is 4.79 Å². The first-order valence-corrected chi connectivity index (χ1v) is 13.6. The van der Waals surface area contributed by atoms with Crippen molar-refractivity contribution in [1.82, 2.24) is 19.9 Å². The maximum atomic E-state index is 13.3. The minimum atomic E-state index is -0.995. The number of benzene rings is 2. The van der Waals surface area contributed by atoms with Crippen molar-refractivity contribution in [1.29, 1.82) is 5.26 Å². The molecule has 208 valence electrons. The third kappa shape index (κ3) is 3.72. The number of carbonyl (C=O) groups is 3. The summed E-state index contributed by atoms with van der Waals surface area (Å²) in [5.74, 6) is -1.32. The van der Waals surface area contributed by atoms with Crippen molar-refractivity contribution in [2.75, 3.05) is 6.54 Å². The number of nitrogens with zero attached hydrogens (tertiary/aromatic N) is 4. The highest BCUT2D eigenvalue weighted by Crippen LogP contribution is 2.52. The molecule has 1 spiro atoms. The van der Waals surface area contributed by atoms with E-state index in [1.165, 1.54) is 4.74 Å². The van der Waals surface area contributed by atoms with Crippen LogP contribution in [-0.2, 0) is 23.1 Å². The number of nitrogens with two attached hydrogens (primary N) is 2. The fourth-order valence-electron chi connectivity index (χ4n) is 7.24. The second-order valence-electron chi connectivity index (χ2n) is 11.3. The number of fused-ring (bicyclic) bond motifs is 7. The van der Waals surface area contributed by atoms with Gasteiger partial charge in [0.05, 0.1) is 18.0 Å². The lowest BCUT2D eigenvalue weighted by molar-refractivity contribution is -0.131. The number of carbonyl (C=O) groups excluding carboxylic acids is 3. The molecule has 2 aliphatic heterocycles. The molecule has 5 N–H and O–H groups in total. The average molecular weight is 554 g/mol. The van der Waals surface area contributed by atoms with Crippen LogP contribution < -0.4 is 22.5 Å². The van der Waals surface area contributed by atoms with Gasteiger partial charge in [-0.05, 0) is 78.1 Å². The molecular formula is C29H27N7O5. The summed E-state index contributed by atoms with van der Waals surface area (Å²) in [5.41, 5.74) is 14.3. The molecule has 3 amide bonds. The van der Waals surface area contributed by atoms with Gasteiger partial charge in [0.15, 0.2) is 5.82 Å². The predicted octanol–water partition coefficient (Wildman–Crippen LogP) is 0.472. The first kappa shape index (κ1) is 25.2. The second kappa shape index (κ2) is 8.87. The molecule has 0 bridgehead atoms. The zero-order valence-electron chi connectivity index (χ0n) is 22.0. The van der Waals surface area contributed by atoms with Gasteiger partial charge in [0.25, 0.3) is 0 Å². The maximum absolute atomic E-state index is 13.3. The zero-order valence-corrected chi connectivity index (χ0v) is 22.0. The molecule has 41 heavy (non-hydrogen) atoms. The van der Waals surface area contributed by atoms with Gasteiger partial charge in [-0.15, -0.1) is 0 Å². The number of primary amides is 2. The van der Waals surface area contributed by atoms with Crippen molar-refractivity contribution in [3.8, 4) is 6.07 Å². The molecule has 4 aliphatic rings. The van der Waals surface area contributed by atoms with Crippen LogP contribution in [0, 0.1) is 17.2 Å². The van der Waals surface area contributed by atoms with E-state index in [4.69, 9.17) is 16.0 Å². The van der Waals surface area contributed by atoms with Crippen molar-refractivity contribution in [3.63, 3.8) is 0 Å². The third-order valence-corrected chi connectivity index (χ3v) is 9.14.